The Morgan fingerprint density at radius 1 is 1.09 bits per heavy atom. The number of aromatic nitrogens is 4. The number of carbonyl (C=O) groups is 1. The number of nitrogens with one attached hydrogen (secondary N) is 3. The summed E-state index contributed by atoms with van der Waals surface area (Å²) in [5, 5.41) is 17.8. The first-order valence-corrected chi connectivity index (χ1v) is 10.1. The van der Waals surface area contributed by atoms with Crippen LogP contribution < -0.4 is 15.6 Å². The zero-order chi connectivity index (χ0) is 21.9. The van der Waals surface area contributed by atoms with Crippen LogP contribution in [0, 0.1) is 0 Å². The molecule has 1 fully saturated rings. The van der Waals surface area contributed by atoms with E-state index in [1.54, 1.807) is 12.2 Å². The molecule has 0 amide bonds. The minimum atomic E-state index is 0.0149. The molecule has 1 saturated heterocycles. The topological polar surface area (TPSA) is 108 Å². The Morgan fingerprint density at radius 3 is 2.69 bits per heavy atom. The summed E-state index contributed by atoms with van der Waals surface area (Å²) in [6.07, 6.45) is 2.46. The second kappa shape index (κ2) is 8.48. The average Bonchev–Trinajstić information content (AvgIpc) is 3.44. The van der Waals surface area contributed by atoms with Gasteiger partial charge in [0.1, 0.15) is 12.3 Å². The number of hydrazine groups is 2. The molecule has 1 aliphatic rings. The van der Waals surface area contributed by atoms with Gasteiger partial charge in [0, 0.05) is 6.42 Å². The Balaban J connectivity index is 1.25. The standard InChI is InChI=1S/C23H21N7O2/c1-32-20-9-6-17-10-16(2-5-18(17)13-20)11-21-22(31)14-30(27-21)26-19-7-3-15(4-8-19)12-23-24-28-29-25-23/h2-11,13,26-27H,12,14H2,1H3,(H,24,25,28,29)/b21-11+. The summed E-state index contributed by atoms with van der Waals surface area (Å²) in [6.45, 7) is 0.223. The first-order valence-electron chi connectivity index (χ1n) is 10.1. The molecule has 32 heavy (non-hydrogen) atoms. The number of benzene rings is 3. The van der Waals surface area contributed by atoms with E-state index >= 15 is 0 Å². The Hall–Kier alpha value is -4.24. The fourth-order valence-electron chi connectivity index (χ4n) is 3.57. The number of rotatable bonds is 6. The molecule has 0 spiro atoms. The fourth-order valence-corrected chi connectivity index (χ4v) is 3.57. The first-order chi connectivity index (χ1) is 15.7. The molecule has 3 aromatic carbocycles. The molecule has 5 rings (SSSR count). The Labute approximate surface area is 184 Å². The smallest absolute Gasteiger partial charge is 0.197 e. The number of H-pyrrole nitrogens is 1. The quantitative estimate of drug-likeness (QED) is 0.403. The van der Waals surface area contributed by atoms with Crippen molar-refractivity contribution in [2.45, 2.75) is 6.42 Å². The van der Waals surface area contributed by atoms with Crippen molar-refractivity contribution in [2.24, 2.45) is 0 Å². The van der Waals surface area contributed by atoms with E-state index in [-0.39, 0.29) is 12.3 Å². The van der Waals surface area contributed by atoms with Gasteiger partial charge in [-0.15, -0.1) is 15.3 Å². The van der Waals surface area contributed by atoms with Gasteiger partial charge in [-0.3, -0.25) is 10.2 Å². The number of carbonyl (C=O) groups excluding carboxylic acids is 1. The molecule has 0 saturated carbocycles. The maximum atomic E-state index is 12.5. The number of nitrogens with zero attached hydrogens (tertiary/aromatic N) is 4. The molecule has 1 aliphatic heterocycles. The number of hydrogen-bond donors (Lipinski definition) is 3. The van der Waals surface area contributed by atoms with Gasteiger partial charge in [-0.05, 0) is 58.3 Å². The maximum absolute atomic E-state index is 12.5. The van der Waals surface area contributed by atoms with E-state index in [2.05, 4.69) is 37.5 Å². The maximum Gasteiger partial charge on any atom is 0.197 e. The second-order valence-electron chi connectivity index (χ2n) is 7.47. The number of ketones is 1. The van der Waals surface area contributed by atoms with Gasteiger partial charge in [-0.2, -0.15) is 5.21 Å². The van der Waals surface area contributed by atoms with Crippen LogP contribution in [0.3, 0.4) is 0 Å². The SMILES string of the molecule is COc1ccc2cc(/C=C3/NN(Nc4ccc(Cc5nn[nH]n5)cc4)CC3=O)ccc2c1. The molecule has 0 atom stereocenters. The number of ether oxygens (including phenoxy) is 1. The zero-order valence-corrected chi connectivity index (χ0v) is 17.4. The van der Waals surface area contributed by atoms with E-state index in [9.17, 15) is 4.79 Å². The summed E-state index contributed by atoms with van der Waals surface area (Å²) < 4.78 is 5.28. The van der Waals surface area contributed by atoms with Crippen molar-refractivity contribution in [1.29, 1.82) is 0 Å². The number of methoxy groups -OCH3 is 1. The van der Waals surface area contributed by atoms with Crippen molar-refractivity contribution in [3.05, 3.63) is 83.3 Å². The number of hydrogen-bond acceptors (Lipinski definition) is 8. The molecule has 2 heterocycles. The summed E-state index contributed by atoms with van der Waals surface area (Å²) in [5.74, 6) is 1.47. The number of Topliss-reactive ketones (excluding diaryl/α,β-unsaturated/α-hetero) is 1. The van der Waals surface area contributed by atoms with Crippen molar-refractivity contribution < 1.29 is 9.53 Å². The van der Waals surface area contributed by atoms with E-state index in [0.717, 1.165) is 33.3 Å². The van der Waals surface area contributed by atoms with Gasteiger partial charge in [-0.25, -0.2) is 0 Å². The van der Waals surface area contributed by atoms with Gasteiger partial charge >= 0.3 is 0 Å². The van der Waals surface area contributed by atoms with Crippen LogP contribution in [0.15, 0.2) is 66.4 Å². The lowest BCUT2D eigenvalue weighted by atomic mass is 10.1. The number of aromatic amines is 1. The highest BCUT2D eigenvalue weighted by atomic mass is 16.5. The van der Waals surface area contributed by atoms with E-state index in [1.807, 2.05) is 60.7 Å². The van der Waals surface area contributed by atoms with Crippen LogP contribution in [0.4, 0.5) is 5.69 Å². The highest BCUT2D eigenvalue weighted by Gasteiger charge is 2.24. The van der Waals surface area contributed by atoms with Crippen molar-refractivity contribution >= 4 is 28.3 Å². The third-order valence-corrected chi connectivity index (χ3v) is 5.21. The van der Waals surface area contributed by atoms with Gasteiger partial charge in [-0.1, -0.05) is 35.5 Å². The van der Waals surface area contributed by atoms with Gasteiger partial charge in [0.25, 0.3) is 0 Å². The molecule has 4 aromatic rings. The van der Waals surface area contributed by atoms with Crippen LogP contribution in [-0.2, 0) is 11.2 Å². The molecule has 1 aromatic heterocycles. The summed E-state index contributed by atoms with van der Waals surface area (Å²) in [4.78, 5) is 12.5. The van der Waals surface area contributed by atoms with Crippen LogP contribution in [0.25, 0.3) is 16.8 Å². The third kappa shape index (κ3) is 4.28. The van der Waals surface area contributed by atoms with Crippen LogP contribution in [0.1, 0.15) is 17.0 Å². The molecule has 0 unspecified atom stereocenters. The fraction of sp³-hybridized carbons (Fsp3) is 0.130. The van der Waals surface area contributed by atoms with Crippen molar-refractivity contribution in [3.63, 3.8) is 0 Å². The lowest BCUT2D eigenvalue weighted by molar-refractivity contribution is -0.114. The Kier molecular flexibility index (Phi) is 5.22. The molecule has 0 aliphatic carbocycles. The minimum Gasteiger partial charge on any atom is -0.497 e. The van der Waals surface area contributed by atoms with Crippen LogP contribution in [0.5, 0.6) is 5.75 Å². The highest BCUT2D eigenvalue weighted by Crippen LogP contribution is 2.23. The number of fused-ring (bicyclic) bond motifs is 1. The number of tetrazole rings is 1. The third-order valence-electron chi connectivity index (χ3n) is 5.21. The molecule has 9 heteroatoms. The number of anilines is 1. The Bertz CT molecular complexity index is 1280. The predicted molar refractivity (Wildman–Crippen MR) is 120 cm³/mol. The molecule has 3 N–H and O–H groups in total. The van der Waals surface area contributed by atoms with Gasteiger partial charge in [0.15, 0.2) is 11.6 Å². The lowest BCUT2D eigenvalue weighted by Crippen LogP contribution is -2.35. The van der Waals surface area contributed by atoms with Crippen molar-refractivity contribution in [1.82, 2.24) is 31.2 Å². The molecule has 0 bridgehead atoms. The summed E-state index contributed by atoms with van der Waals surface area (Å²) >= 11 is 0. The largest absolute Gasteiger partial charge is 0.497 e. The average molecular weight is 427 g/mol. The van der Waals surface area contributed by atoms with E-state index < -0.39 is 0 Å². The van der Waals surface area contributed by atoms with Crippen molar-refractivity contribution in [3.8, 4) is 5.75 Å². The van der Waals surface area contributed by atoms with Crippen LogP contribution in [0.2, 0.25) is 0 Å². The lowest BCUT2D eigenvalue weighted by Gasteiger charge is -2.17. The molecule has 0 radical (unpaired) electrons. The molecular weight excluding hydrogens is 406 g/mol. The van der Waals surface area contributed by atoms with E-state index in [4.69, 9.17) is 4.74 Å². The Morgan fingerprint density at radius 2 is 1.91 bits per heavy atom. The monoisotopic (exact) mass is 427 g/mol. The normalized spacial score (nSPS) is 15.3. The zero-order valence-electron chi connectivity index (χ0n) is 17.4. The van der Waals surface area contributed by atoms with Gasteiger partial charge in [0.2, 0.25) is 0 Å². The second-order valence-corrected chi connectivity index (χ2v) is 7.47. The van der Waals surface area contributed by atoms with Crippen molar-refractivity contribution in [2.75, 3.05) is 19.1 Å². The predicted octanol–water partition coefficient (Wildman–Crippen LogP) is 2.71. The first kappa shape index (κ1) is 19.7. The summed E-state index contributed by atoms with van der Waals surface area (Å²) in [5.41, 5.74) is 9.77. The molecular formula is C23H21N7O2. The molecule has 160 valence electrons. The van der Waals surface area contributed by atoms with Gasteiger partial charge < -0.3 is 10.2 Å². The van der Waals surface area contributed by atoms with E-state index in [1.165, 1.54) is 0 Å². The summed E-state index contributed by atoms with van der Waals surface area (Å²) in [6, 6.07) is 19.8. The minimum absolute atomic E-state index is 0.0149. The van der Waals surface area contributed by atoms with Crippen LogP contribution >= 0.6 is 0 Å². The van der Waals surface area contributed by atoms with Crippen LogP contribution in [-0.4, -0.2) is 45.2 Å². The van der Waals surface area contributed by atoms with E-state index in [0.29, 0.717) is 17.9 Å². The highest BCUT2D eigenvalue weighted by molar-refractivity contribution is 6.02. The molecule has 9 nitrogen and oxygen atoms in total. The van der Waals surface area contributed by atoms with Gasteiger partial charge in [0.05, 0.1) is 18.5 Å². The summed E-state index contributed by atoms with van der Waals surface area (Å²) in [7, 11) is 1.65.